The van der Waals surface area contributed by atoms with Gasteiger partial charge in [0.25, 0.3) is 0 Å². The SMILES string of the molecule is N#Cc1ccc(OCc2ccccc2C(=O)O)cc1. The van der Waals surface area contributed by atoms with Gasteiger partial charge in [0.15, 0.2) is 0 Å². The number of carboxylic acid groups (broad SMARTS) is 1. The molecule has 0 aliphatic rings. The Labute approximate surface area is 110 Å². The summed E-state index contributed by atoms with van der Waals surface area (Å²) in [5, 5.41) is 17.7. The average Bonchev–Trinajstić information content (AvgIpc) is 2.46. The zero-order chi connectivity index (χ0) is 13.7. The Morgan fingerprint density at radius 1 is 1.16 bits per heavy atom. The van der Waals surface area contributed by atoms with E-state index in [4.69, 9.17) is 15.1 Å². The molecule has 0 unspecified atom stereocenters. The van der Waals surface area contributed by atoms with Gasteiger partial charge in [-0.25, -0.2) is 4.79 Å². The van der Waals surface area contributed by atoms with Gasteiger partial charge in [0, 0.05) is 5.56 Å². The minimum absolute atomic E-state index is 0.175. The van der Waals surface area contributed by atoms with Crippen LogP contribution in [0, 0.1) is 11.3 Å². The number of nitrogens with zero attached hydrogens (tertiary/aromatic N) is 1. The lowest BCUT2D eigenvalue weighted by Crippen LogP contribution is -2.05. The van der Waals surface area contributed by atoms with Crippen LogP contribution >= 0.6 is 0 Å². The molecule has 94 valence electrons. The average molecular weight is 253 g/mol. The predicted octanol–water partition coefficient (Wildman–Crippen LogP) is 2.84. The highest BCUT2D eigenvalue weighted by Crippen LogP contribution is 2.16. The summed E-state index contributed by atoms with van der Waals surface area (Å²) >= 11 is 0. The number of carboxylic acids is 1. The quantitative estimate of drug-likeness (QED) is 0.909. The van der Waals surface area contributed by atoms with E-state index in [2.05, 4.69) is 0 Å². The Balaban J connectivity index is 2.10. The molecule has 0 aromatic heterocycles. The second-order valence-electron chi connectivity index (χ2n) is 3.89. The molecule has 4 nitrogen and oxygen atoms in total. The molecule has 0 amide bonds. The minimum Gasteiger partial charge on any atom is -0.489 e. The molecule has 2 aromatic carbocycles. The number of rotatable bonds is 4. The van der Waals surface area contributed by atoms with Gasteiger partial charge in [0.2, 0.25) is 0 Å². The van der Waals surface area contributed by atoms with Crippen LogP contribution in [0.3, 0.4) is 0 Å². The van der Waals surface area contributed by atoms with Crippen LogP contribution in [0.25, 0.3) is 0 Å². The summed E-state index contributed by atoms with van der Waals surface area (Å²) in [7, 11) is 0. The standard InChI is InChI=1S/C15H11NO3/c16-9-11-5-7-13(8-6-11)19-10-12-3-1-2-4-14(12)15(17)18/h1-8H,10H2,(H,17,18). The first-order chi connectivity index (χ1) is 9.20. The van der Waals surface area contributed by atoms with Crippen LogP contribution < -0.4 is 4.74 Å². The van der Waals surface area contributed by atoms with Crippen molar-refractivity contribution in [1.29, 1.82) is 5.26 Å². The molecule has 0 spiro atoms. The van der Waals surface area contributed by atoms with Crippen LogP contribution in [0.4, 0.5) is 0 Å². The maximum atomic E-state index is 11.0. The van der Waals surface area contributed by atoms with Crippen molar-refractivity contribution < 1.29 is 14.6 Å². The summed E-state index contributed by atoms with van der Waals surface area (Å²) in [5.41, 5.74) is 1.40. The molecule has 0 saturated carbocycles. The molecule has 0 radical (unpaired) electrons. The fourth-order valence-electron chi connectivity index (χ4n) is 1.64. The number of carbonyl (C=O) groups is 1. The van der Waals surface area contributed by atoms with Crippen molar-refractivity contribution in [3.63, 3.8) is 0 Å². The van der Waals surface area contributed by atoms with Crippen molar-refractivity contribution >= 4 is 5.97 Å². The van der Waals surface area contributed by atoms with E-state index in [1.165, 1.54) is 0 Å². The molecular weight excluding hydrogens is 242 g/mol. The van der Waals surface area contributed by atoms with Crippen LogP contribution in [0.2, 0.25) is 0 Å². The highest BCUT2D eigenvalue weighted by atomic mass is 16.5. The van der Waals surface area contributed by atoms with Crippen molar-refractivity contribution in [3.05, 3.63) is 65.2 Å². The minimum atomic E-state index is -0.973. The predicted molar refractivity (Wildman–Crippen MR) is 68.9 cm³/mol. The molecule has 2 rings (SSSR count). The lowest BCUT2D eigenvalue weighted by Gasteiger charge is -2.08. The number of nitriles is 1. The molecule has 4 heteroatoms. The van der Waals surface area contributed by atoms with Crippen LogP contribution in [-0.4, -0.2) is 11.1 Å². The molecule has 0 fully saturated rings. The zero-order valence-electron chi connectivity index (χ0n) is 10.0. The first kappa shape index (κ1) is 12.7. The second-order valence-corrected chi connectivity index (χ2v) is 3.89. The molecule has 1 N–H and O–H groups in total. The second kappa shape index (κ2) is 5.69. The lowest BCUT2D eigenvalue weighted by molar-refractivity contribution is 0.0694. The first-order valence-electron chi connectivity index (χ1n) is 5.65. The van der Waals surface area contributed by atoms with Gasteiger partial charge in [-0.1, -0.05) is 18.2 Å². The molecule has 0 aliphatic carbocycles. The summed E-state index contributed by atoms with van der Waals surface area (Å²) in [6.45, 7) is 0.175. The molecule has 0 saturated heterocycles. The Morgan fingerprint density at radius 3 is 2.47 bits per heavy atom. The normalized spacial score (nSPS) is 9.63. The van der Waals surface area contributed by atoms with Gasteiger partial charge in [0.1, 0.15) is 12.4 Å². The summed E-state index contributed by atoms with van der Waals surface area (Å²) in [4.78, 5) is 11.0. The lowest BCUT2D eigenvalue weighted by atomic mass is 10.1. The fraction of sp³-hybridized carbons (Fsp3) is 0.0667. The number of hydrogen-bond donors (Lipinski definition) is 1. The van der Waals surface area contributed by atoms with Gasteiger partial charge in [-0.3, -0.25) is 0 Å². The smallest absolute Gasteiger partial charge is 0.336 e. The van der Waals surface area contributed by atoms with Crippen LogP contribution in [0.1, 0.15) is 21.5 Å². The Hall–Kier alpha value is -2.80. The van der Waals surface area contributed by atoms with Crippen molar-refractivity contribution in [2.24, 2.45) is 0 Å². The molecule has 0 bridgehead atoms. The molecule has 0 heterocycles. The van der Waals surface area contributed by atoms with Crippen LogP contribution in [-0.2, 0) is 6.61 Å². The van der Waals surface area contributed by atoms with Crippen molar-refractivity contribution in [2.75, 3.05) is 0 Å². The number of ether oxygens (including phenoxy) is 1. The monoisotopic (exact) mass is 253 g/mol. The van der Waals surface area contributed by atoms with Crippen molar-refractivity contribution in [1.82, 2.24) is 0 Å². The number of aromatic carboxylic acids is 1. The third kappa shape index (κ3) is 3.11. The summed E-state index contributed by atoms with van der Waals surface area (Å²) in [6.07, 6.45) is 0. The van der Waals surface area contributed by atoms with Crippen LogP contribution in [0.15, 0.2) is 48.5 Å². The Kier molecular flexibility index (Phi) is 3.79. The van der Waals surface area contributed by atoms with E-state index in [1.807, 2.05) is 6.07 Å². The largest absolute Gasteiger partial charge is 0.489 e. The molecule has 0 aliphatic heterocycles. The molecule has 19 heavy (non-hydrogen) atoms. The van der Waals surface area contributed by atoms with Gasteiger partial charge >= 0.3 is 5.97 Å². The van der Waals surface area contributed by atoms with E-state index in [0.717, 1.165) is 0 Å². The van der Waals surface area contributed by atoms with Gasteiger partial charge in [0.05, 0.1) is 17.2 Å². The van der Waals surface area contributed by atoms with Crippen molar-refractivity contribution in [3.8, 4) is 11.8 Å². The van der Waals surface area contributed by atoms with Crippen LogP contribution in [0.5, 0.6) is 5.75 Å². The third-order valence-electron chi connectivity index (χ3n) is 2.63. The topological polar surface area (TPSA) is 70.3 Å². The van der Waals surface area contributed by atoms with E-state index < -0.39 is 5.97 Å². The molecule has 2 aromatic rings. The number of benzene rings is 2. The Morgan fingerprint density at radius 2 is 1.84 bits per heavy atom. The van der Waals surface area contributed by atoms with Gasteiger partial charge in [-0.15, -0.1) is 0 Å². The van der Waals surface area contributed by atoms with E-state index >= 15 is 0 Å². The van der Waals surface area contributed by atoms with E-state index in [0.29, 0.717) is 16.9 Å². The summed E-state index contributed by atoms with van der Waals surface area (Å²) < 4.78 is 5.51. The van der Waals surface area contributed by atoms with Gasteiger partial charge < -0.3 is 9.84 Å². The number of hydrogen-bond acceptors (Lipinski definition) is 3. The maximum absolute atomic E-state index is 11.0. The third-order valence-corrected chi connectivity index (χ3v) is 2.63. The maximum Gasteiger partial charge on any atom is 0.336 e. The first-order valence-corrected chi connectivity index (χ1v) is 5.65. The summed E-state index contributed by atoms with van der Waals surface area (Å²) in [5.74, 6) is -0.377. The van der Waals surface area contributed by atoms with Gasteiger partial charge in [-0.2, -0.15) is 5.26 Å². The highest BCUT2D eigenvalue weighted by Gasteiger charge is 2.09. The Bertz CT molecular complexity index is 627. The summed E-state index contributed by atoms with van der Waals surface area (Å²) in [6, 6.07) is 15.4. The van der Waals surface area contributed by atoms with E-state index in [9.17, 15) is 4.79 Å². The zero-order valence-corrected chi connectivity index (χ0v) is 10.0. The molecular formula is C15H11NO3. The van der Waals surface area contributed by atoms with E-state index in [-0.39, 0.29) is 12.2 Å². The molecule has 0 atom stereocenters. The van der Waals surface area contributed by atoms with Crippen molar-refractivity contribution in [2.45, 2.75) is 6.61 Å². The van der Waals surface area contributed by atoms with E-state index in [1.54, 1.807) is 48.5 Å². The van der Waals surface area contributed by atoms with Gasteiger partial charge in [-0.05, 0) is 30.3 Å². The highest BCUT2D eigenvalue weighted by molar-refractivity contribution is 5.89. The fourth-order valence-corrected chi connectivity index (χ4v) is 1.64.